The fourth-order valence-electron chi connectivity index (χ4n) is 2.78. The predicted octanol–water partition coefficient (Wildman–Crippen LogP) is 2.27. The minimum Gasteiger partial charge on any atom is -0.383 e. The molecule has 0 aliphatic heterocycles. The summed E-state index contributed by atoms with van der Waals surface area (Å²) in [5, 5.41) is 5.96. The van der Waals surface area contributed by atoms with Gasteiger partial charge in [0, 0.05) is 49.8 Å². The molecule has 8 nitrogen and oxygen atoms in total. The van der Waals surface area contributed by atoms with Crippen LogP contribution in [-0.4, -0.2) is 46.2 Å². The Kier molecular flexibility index (Phi) is 6.33. The molecular formula is C20H24N6O2. The number of amides is 1. The maximum absolute atomic E-state index is 12.6. The lowest BCUT2D eigenvalue weighted by molar-refractivity contribution is 0.0950. The average molecular weight is 380 g/mol. The summed E-state index contributed by atoms with van der Waals surface area (Å²) in [4.78, 5) is 25.7. The van der Waals surface area contributed by atoms with Crippen LogP contribution in [0.25, 0.3) is 11.4 Å². The summed E-state index contributed by atoms with van der Waals surface area (Å²) in [6.07, 6.45) is 3.47. The first-order valence-electron chi connectivity index (χ1n) is 9.00. The Bertz CT molecular complexity index is 953. The van der Waals surface area contributed by atoms with Crippen LogP contribution in [0.15, 0.2) is 42.9 Å². The van der Waals surface area contributed by atoms with Crippen LogP contribution in [0.1, 0.15) is 21.7 Å². The molecule has 0 aliphatic carbocycles. The van der Waals surface area contributed by atoms with Crippen molar-refractivity contribution < 1.29 is 9.53 Å². The molecule has 0 unspecified atom stereocenters. The summed E-state index contributed by atoms with van der Waals surface area (Å²) in [5.74, 6) is 1.15. The van der Waals surface area contributed by atoms with Gasteiger partial charge in [-0.15, -0.1) is 0 Å². The number of hydrogen-bond acceptors (Lipinski definition) is 6. The zero-order valence-electron chi connectivity index (χ0n) is 16.3. The molecule has 2 N–H and O–H groups in total. The van der Waals surface area contributed by atoms with Crippen LogP contribution in [0.4, 0.5) is 5.82 Å². The second-order valence-corrected chi connectivity index (χ2v) is 6.30. The number of nitrogens with zero attached hydrogens (tertiary/aromatic N) is 4. The van der Waals surface area contributed by atoms with Crippen molar-refractivity contribution in [2.24, 2.45) is 0 Å². The van der Waals surface area contributed by atoms with Gasteiger partial charge in [0.25, 0.3) is 5.91 Å². The average Bonchev–Trinajstić information content (AvgIpc) is 3.17. The molecule has 8 heteroatoms. The zero-order valence-corrected chi connectivity index (χ0v) is 16.3. The smallest absolute Gasteiger partial charge is 0.251 e. The molecule has 0 aliphatic rings. The molecule has 0 saturated carbocycles. The first-order valence-corrected chi connectivity index (χ1v) is 9.00. The fraction of sp³-hybridized carbons (Fsp3) is 0.300. The monoisotopic (exact) mass is 380 g/mol. The molecule has 1 amide bonds. The Balaban J connectivity index is 1.73. The van der Waals surface area contributed by atoms with Gasteiger partial charge in [0.05, 0.1) is 25.2 Å². The van der Waals surface area contributed by atoms with Crippen LogP contribution in [-0.2, 0) is 17.8 Å². The third-order valence-corrected chi connectivity index (χ3v) is 4.26. The van der Waals surface area contributed by atoms with E-state index in [0.717, 1.165) is 22.8 Å². The highest BCUT2D eigenvalue weighted by atomic mass is 16.5. The van der Waals surface area contributed by atoms with Crippen molar-refractivity contribution in [2.75, 3.05) is 26.1 Å². The predicted molar refractivity (Wildman–Crippen MR) is 107 cm³/mol. The van der Waals surface area contributed by atoms with Crippen LogP contribution < -0.4 is 10.6 Å². The maximum atomic E-state index is 12.6. The molecule has 0 spiro atoms. The number of hydrogen-bond donors (Lipinski definition) is 2. The van der Waals surface area contributed by atoms with Crippen molar-refractivity contribution in [1.82, 2.24) is 24.8 Å². The number of aryl methyl sites for hydroxylation is 1. The van der Waals surface area contributed by atoms with Crippen molar-refractivity contribution in [3.8, 4) is 11.4 Å². The number of ether oxygens (including phenoxy) is 1. The minimum absolute atomic E-state index is 0.164. The van der Waals surface area contributed by atoms with Crippen molar-refractivity contribution in [1.29, 1.82) is 0 Å². The van der Waals surface area contributed by atoms with E-state index < -0.39 is 0 Å². The highest BCUT2D eigenvalue weighted by Crippen LogP contribution is 2.19. The van der Waals surface area contributed by atoms with Gasteiger partial charge in [-0.1, -0.05) is 12.1 Å². The Labute approximate surface area is 164 Å². The van der Waals surface area contributed by atoms with Gasteiger partial charge in [0.2, 0.25) is 0 Å². The van der Waals surface area contributed by atoms with Crippen molar-refractivity contribution >= 4 is 11.7 Å². The van der Waals surface area contributed by atoms with Gasteiger partial charge in [-0.2, -0.15) is 0 Å². The van der Waals surface area contributed by atoms with E-state index >= 15 is 0 Å². The van der Waals surface area contributed by atoms with E-state index in [-0.39, 0.29) is 5.91 Å². The van der Waals surface area contributed by atoms with Crippen LogP contribution in [0.5, 0.6) is 0 Å². The number of benzene rings is 1. The largest absolute Gasteiger partial charge is 0.383 e. The van der Waals surface area contributed by atoms with Gasteiger partial charge in [0.15, 0.2) is 5.82 Å². The Morgan fingerprint density at radius 3 is 2.89 bits per heavy atom. The highest BCUT2D eigenvalue weighted by Gasteiger charge is 2.11. The highest BCUT2D eigenvalue weighted by molar-refractivity contribution is 5.95. The summed E-state index contributed by atoms with van der Waals surface area (Å²) in [5.41, 5.74) is 3.12. The number of nitrogens with one attached hydrogen (secondary N) is 2. The second-order valence-electron chi connectivity index (χ2n) is 6.30. The number of aromatic nitrogens is 4. The quantitative estimate of drug-likeness (QED) is 0.623. The Hall–Kier alpha value is -3.26. The van der Waals surface area contributed by atoms with E-state index in [0.29, 0.717) is 31.1 Å². The number of anilines is 1. The summed E-state index contributed by atoms with van der Waals surface area (Å²) in [6, 6.07) is 9.16. The van der Waals surface area contributed by atoms with E-state index in [1.807, 2.05) is 36.7 Å². The van der Waals surface area contributed by atoms with Gasteiger partial charge in [0.1, 0.15) is 5.82 Å². The molecule has 0 radical (unpaired) electrons. The lowest BCUT2D eigenvalue weighted by Crippen LogP contribution is -2.24. The van der Waals surface area contributed by atoms with E-state index in [4.69, 9.17) is 4.74 Å². The Morgan fingerprint density at radius 1 is 1.25 bits per heavy atom. The number of carbonyl (C=O) groups is 1. The first kappa shape index (κ1) is 19.5. The molecular weight excluding hydrogens is 356 g/mol. The van der Waals surface area contributed by atoms with E-state index in [9.17, 15) is 4.79 Å². The zero-order chi connectivity index (χ0) is 19.9. The van der Waals surface area contributed by atoms with Crippen molar-refractivity contribution in [3.63, 3.8) is 0 Å². The second kappa shape index (κ2) is 9.09. The number of imidazole rings is 1. The number of carbonyl (C=O) groups excluding carboxylic acids is 1. The molecule has 0 fully saturated rings. The molecule has 3 rings (SSSR count). The fourth-order valence-corrected chi connectivity index (χ4v) is 2.78. The van der Waals surface area contributed by atoms with Crippen LogP contribution in [0.2, 0.25) is 0 Å². The molecule has 2 aromatic heterocycles. The minimum atomic E-state index is -0.164. The standard InChI is InChI=1S/C20H24N6O2/c1-14-9-18(21-2)25-19(24-14)15-5-4-6-16(10-15)20(27)23-12-17-11-22-13-26(17)7-8-28-3/h4-6,9-11,13H,7-8,12H2,1-3H3,(H,23,27)(H,21,24,25). The molecule has 1 aromatic carbocycles. The molecule has 28 heavy (non-hydrogen) atoms. The third kappa shape index (κ3) is 4.72. The molecule has 146 valence electrons. The van der Waals surface area contributed by atoms with Gasteiger partial charge >= 0.3 is 0 Å². The lowest BCUT2D eigenvalue weighted by atomic mass is 10.1. The summed E-state index contributed by atoms with van der Waals surface area (Å²) < 4.78 is 7.05. The molecule has 3 aromatic rings. The van der Waals surface area contributed by atoms with Crippen LogP contribution in [0.3, 0.4) is 0 Å². The maximum Gasteiger partial charge on any atom is 0.251 e. The molecule has 0 saturated heterocycles. The third-order valence-electron chi connectivity index (χ3n) is 4.26. The van der Waals surface area contributed by atoms with Crippen LogP contribution >= 0.6 is 0 Å². The van der Waals surface area contributed by atoms with Gasteiger partial charge in [-0.3, -0.25) is 4.79 Å². The van der Waals surface area contributed by atoms with E-state index in [1.54, 1.807) is 31.8 Å². The van der Waals surface area contributed by atoms with Gasteiger partial charge in [-0.25, -0.2) is 15.0 Å². The first-order chi connectivity index (χ1) is 13.6. The lowest BCUT2D eigenvalue weighted by Gasteiger charge is -2.10. The van der Waals surface area contributed by atoms with Gasteiger partial charge in [-0.05, 0) is 19.1 Å². The Morgan fingerprint density at radius 2 is 2.11 bits per heavy atom. The topological polar surface area (TPSA) is 94.0 Å². The normalized spacial score (nSPS) is 10.7. The SMILES string of the molecule is CNc1cc(C)nc(-c2cccc(C(=O)NCc3cncn3CCOC)c2)n1. The number of rotatable bonds is 8. The molecule has 0 atom stereocenters. The van der Waals surface area contributed by atoms with Crippen molar-refractivity contribution in [3.05, 3.63) is 59.8 Å². The molecule has 0 bridgehead atoms. The summed E-state index contributed by atoms with van der Waals surface area (Å²) >= 11 is 0. The molecule has 2 heterocycles. The van der Waals surface area contributed by atoms with E-state index in [1.165, 1.54) is 0 Å². The van der Waals surface area contributed by atoms with Gasteiger partial charge < -0.3 is 19.9 Å². The van der Waals surface area contributed by atoms with Crippen LogP contribution in [0, 0.1) is 6.92 Å². The van der Waals surface area contributed by atoms with Crippen molar-refractivity contribution in [2.45, 2.75) is 20.0 Å². The van der Waals surface area contributed by atoms with E-state index in [2.05, 4.69) is 25.6 Å². The summed E-state index contributed by atoms with van der Waals surface area (Å²) in [6.45, 7) is 3.58. The summed E-state index contributed by atoms with van der Waals surface area (Å²) in [7, 11) is 3.47. The number of methoxy groups -OCH3 is 1.